The van der Waals surface area contributed by atoms with Crippen molar-refractivity contribution in [1.29, 1.82) is 0 Å². The molecule has 66 valence electrons. The summed E-state index contributed by atoms with van der Waals surface area (Å²) < 4.78 is 1.28. The van der Waals surface area contributed by atoms with E-state index >= 15 is 0 Å². The standard InChI is InChI=1S/C8H5ClN2O2/c9-5-2-1-3-11-6(5)4-7(12)10-8(11)13/h1-4H,(H,10,12,13). The van der Waals surface area contributed by atoms with Gasteiger partial charge in [0.2, 0.25) is 0 Å². The van der Waals surface area contributed by atoms with Gasteiger partial charge in [0.05, 0.1) is 10.5 Å². The molecule has 0 saturated carbocycles. The van der Waals surface area contributed by atoms with Gasteiger partial charge in [-0.15, -0.1) is 0 Å². The molecule has 0 aromatic carbocycles. The fourth-order valence-corrected chi connectivity index (χ4v) is 1.35. The molecule has 0 unspecified atom stereocenters. The van der Waals surface area contributed by atoms with E-state index in [4.69, 9.17) is 11.6 Å². The number of nitrogens with one attached hydrogen (secondary N) is 1. The van der Waals surface area contributed by atoms with Crippen molar-refractivity contribution in [2.45, 2.75) is 0 Å². The Morgan fingerprint density at radius 3 is 2.92 bits per heavy atom. The molecule has 0 saturated heterocycles. The molecule has 2 rings (SSSR count). The number of rotatable bonds is 0. The zero-order valence-corrected chi connectivity index (χ0v) is 7.21. The molecule has 13 heavy (non-hydrogen) atoms. The van der Waals surface area contributed by atoms with E-state index in [-0.39, 0.29) is 0 Å². The number of aromatic nitrogens is 2. The van der Waals surface area contributed by atoms with Gasteiger partial charge in [0, 0.05) is 12.3 Å². The Hall–Kier alpha value is -1.55. The van der Waals surface area contributed by atoms with Gasteiger partial charge in [0.1, 0.15) is 0 Å². The third kappa shape index (κ3) is 1.25. The monoisotopic (exact) mass is 196 g/mol. The lowest BCUT2D eigenvalue weighted by Gasteiger charge is -1.99. The quantitative estimate of drug-likeness (QED) is 0.673. The molecular weight excluding hydrogens is 192 g/mol. The highest BCUT2D eigenvalue weighted by molar-refractivity contribution is 6.33. The summed E-state index contributed by atoms with van der Waals surface area (Å²) >= 11 is 5.79. The Bertz CT molecular complexity index is 570. The Morgan fingerprint density at radius 1 is 1.38 bits per heavy atom. The summed E-state index contributed by atoms with van der Waals surface area (Å²) in [6, 6.07) is 4.54. The average molecular weight is 197 g/mol. The van der Waals surface area contributed by atoms with Crippen LogP contribution in [0, 0.1) is 0 Å². The summed E-state index contributed by atoms with van der Waals surface area (Å²) in [6.07, 6.45) is 1.54. The molecular formula is C8H5ClN2O2. The van der Waals surface area contributed by atoms with Crippen molar-refractivity contribution in [2.24, 2.45) is 0 Å². The zero-order valence-electron chi connectivity index (χ0n) is 6.45. The van der Waals surface area contributed by atoms with Crippen LogP contribution in [0.4, 0.5) is 0 Å². The van der Waals surface area contributed by atoms with Crippen molar-refractivity contribution < 1.29 is 0 Å². The molecule has 2 aromatic rings. The lowest BCUT2D eigenvalue weighted by atomic mass is 10.4. The third-order valence-electron chi connectivity index (χ3n) is 1.70. The Labute approximate surface area is 77.4 Å². The van der Waals surface area contributed by atoms with Crippen molar-refractivity contribution in [3.63, 3.8) is 0 Å². The summed E-state index contributed by atoms with van der Waals surface area (Å²) in [6.45, 7) is 0. The van der Waals surface area contributed by atoms with Crippen LogP contribution in [0.5, 0.6) is 0 Å². The zero-order chi connectivity index (χ0) is 9.42. The van der Waals surface area contributed by atoms with Crippen LogP contribution in [0.25, 0.3) is 5.52 Å². The molecule has 5 heteroatoms. The van der Waals surface area contributed by atoms with E-state index in [1.54, 1.807) is 18.3 Å². The van der Waals surface area contributed by atoms with Crippen LogP contribution in [0.15, 0.2) is 34.0 Å². The summed E-state index contributed by atoms with van der Waals surface area (Å²) in [5.74, 6) is 0. The van der Waals surface area contributed by atoms with E-state index in [1.807, 2.05) is 0 Å². The Kier molecular flexibility index (Phi) is 1.70. The topological polar surface area (TPSA) is 54.3 Å². The summed E-state index contributed by atoms with van der Waals surface area (Å²) in [5.41, 5.74) is -0.513. The second-order valence-electron chi connectivity index (χ2n) is 2.55. The van der Waals surface area contributed by atoms with Gasteiger partial charge < -0.3 is 0 Å². The van der Waals surface area contributed by atoms with Crippen LogP contribution < -0.4 is 11.2 Å². The number of pyridine rings is 1. The number of hydrogen-bond acceptors (Lipinski definition) is 2. The van der Waals surface area contributed by atoms with E-state index in [0.717, 1.165) is 0 Å². The predicted octanol–water partition coefficient (Wildman–Crippen LogP) is 0.641. The largest absolute Gasteiger partial charge is 0.332 e. The van der Waals surface area contributed by atoms with E-state index in [0.29, 0.717) is 10.5 Å². The van der Waals surface area contributed by atoms with Gasteiger partial charge >= 0.3 is 5.69 Å². The van der Waals surface area contributed by atoms with E-state index in [9.17, 15) is 9.59 Å². The molecule has 0 radical (unpaired) electrons. The molecule has 0 atom stereocenters. The minimum absolute atomic E-state index is 0.380. The number of aromatic amines is 1. The highest BCUT2D eigenvalue weighted by atomic mass is 35.5. The summed E-state index contributed by atoms with van der Waals surface area (Å²) in [4.78, 5) is 24.3. The summed E-state index contributed by atoms with van der Waals surface area (Å²) in [7, 11) is 0. The fraction of sp³-hybridized carbons (Fsp3) is 0. The van der Waals surface area contributed by atoms with Gasteiger partial charge in [-0.25, -0.2) is 4.79 Å². The number of halogens is 1. The van der Waals surface area contributed by atoms with Crippen LogP contribution in [0.1, 0.15) is 0 Å². The highest BCUT2D eigenvalue weighted by Gasteiger charge is 2.00. The second-order valence-corrected chi connectivity index (χ2v) is 2.96. The maximum atomic E-state index is 11.2. The normalized spacial score (nSPS) is 10.5. The molecule has 2 heterocycles. The van der Waals surface area contributed by atoms with Crippen molar-refractivity contribution in [1.82, 2.24) is 9.38 Å². The number of hydrogen-bond donors (Lipinski definition) is 1. The van der Waals surface area contributed by atoms with Crippen molar-refractivity contribution in [3.05, 3.63) is 50.3 Å². The Morgan fingerprint density at radius 2 is 2.15 bits per heavy atom. The lowest BCUT2D eigenvalue weighted by molar-refractivity contribution is 0.969. The van der Waals surface area contributed by atoms with Crippen LogP contribution in [-0.2, 0) is 0 Å². The lowest BCUT2D eigenvalue weighted by Crippen LogP contribution is -2.24. The van der Waals surface area contributed by atoms with E-state index in [2.05, 4.69) is 4.98 Å². The van der Waals surface area contributed by atoms with Gasteiger partial charge in [-0.3, -0.25) is 14.2 Å². The minimum atomic E-state index is -0.481. The minimum Gasteiger partial charge on any atom is -0.274 e. The predicted molar refractivity (Wildman–Crippen MR) is 49.3 cm³/mol. The summed E-state index contributed by atoms with van der Waals surface area (Å²) in [5, 5.41) is 0.380. The first-order valence-corrected chi connectivity index (χ1v) is 3.96. The molecule has 0 aliphatic carbocycles. The van der Waals surface area contributed by atoms with Gasteiger partial charge in [0.15, 0.2) is 0 Å². The Balaban J connectivity index is 3.12. The van der Waals surface area contributed by atoms with Gasteiger partial charge in [-0.05, 0) is 12.1 Å². The first-order chi connectivity index (χ1) is 6.18. The van der Waals surface area contributed by atoms with Gasteiger partial charge in [0.25, 0.3) is 5.56 Å². The molecule has 0 aliphatic rings. The molecule has 0 bridgehead atoms. The molecule has 4 nitrogen and oxygen atoms in total. The van der Waals surface area contributed by atoms with Gasteiger partial charge in [-0.2, -0.15) is 0 Å². The molecule has 0 amide bonds. The SMILES string of the molecule is O=c1cc2c(Cl)cccn2c(=O)[nH]1. The van der Waals surface area contributed by atoms with Crippen LogP contribution in [0.3, 0.4) is 0 Å². The average Bonchev–Trinajstić information content (AvgIpc) is 2.07. The maximum Gasteiger partial charge on any atom is 0.332 e. The molecule has 1 N–H and O–H groups in total. The number of H-pyrrole nitrogens is 1. The van der Waals surface area contributed by atoms with Crippen molar-refractivity contribution in [3.8, 4) is 0 Å². The molecule has 2 aromatic heterocycles. The fourth-order valence-electron chi connectivity index (χ4n) is 1.14. The third-order valence-corrected chi connectivity index (χ3v) is 2.02. The van der Waals surface area contributed by atoms with Crippen molar-refractivity contribution >= 4 is 17.1 Å². The van der Waals surface area contributed by atoms with Crippen LogP contribution >= 0.6 is 11.6 Å². The first kappa shape index (κ1) is 8.07. The smallest absolute Gasteiger partial charge is 0.274 e. The van der Waals surface area contributed by atoms with Crippen LogP contribution in [-0.4, -0.2) is 9.38 Å². The second kappa shape index (κ2) is 2.74. The van der Waals surface area contributed by atoms with Gasteiger partial charge in [-0.1, -0.05) is 11.6 Å². The van der Waals surface area contributed by atoms with Crippen LogP contribution in [0.2, 0.25) is 5.02 Å². The number of fused-ring (bicyclic) bond motifs is 1. The maximum absolute atomic E-state index is 11.2. The number of nitrogens with zero attached hydrogens (tertiary/aromatic N) is 1. The van der Waals surface area contributed by atoms with E-state index in [1.165, 1.54) is 10.5 Å². The first-order valence-electron chi connectivity index (χ1n) is 3.59. The highest BCUT2D eigenvalue weighted by Crippen LogP contribution is 2.12. The molecule has 0 spiro atoms. The van der Waals surface area contributed by atoms with E-state index < -0.39 is 11.2 Å². The van der Waals surface area contributed by atoms with Crippen molar-refractivity contribution in [2.75, 3.05) is 0 Å². The molecule has 0 aliphatic heterocycles. The molecule has 0 fully saturated rings.